The molecule has 7 heteroatoms. The lowest BCUT2D eigenvalue weighted by atomic mass is 10.5. The smallest absolute Gasteiger partial charge is 0.323 e. The van der Waals surface area contributed by atoms with Gasteiger partial charge >= 0.3 is 5.97 Å². The number of halogens is 1. The van der Waals surface area contributed by atoms with Gasteiger partial charge in [-0.3, -0.25) is 4.79 Å². The minimum atomic E-state index is -3.68. The fraction of sp³-hybridized carbons (Fsp3) is 0.800. The van der Waals surface area contributed by atoms with E-state index in [1.165, 1.54) is 0 Å². The highest BCUT2D eigenvalue weighted by Crippen LogP contribution is 2.04. The largest absolute Gasteiger partial charge is 0.480 e. The second-order valence-electron chi connectivity index (χ2n) is 2.14. The molecule has 0 saturated carbocycles. The fourth-order valence-corrected chi connectivity index (χ4v) is 2.44. The van der Waals surface area contributed by atoms with Crippen molar-refractivity contribution in [3.63, 3.8) is 0 Å². The Labute approximate surface area is 75.4 Å². The first-order valence-electron chi connectivity index (χ1n) is 3.16. The number of rotatable bonds is 5. The summed E-state index contributed by atoms with van der Waals surface area (Å²) in [5.41, 5.74) is 4.99. The maximum Gasteiger partial charge on any atom is 0.323 e. The number of carboxylic acid groups (broad SMARTS) is 1. The molecule has 0 aliphatic heterocycles. The van der Waals surface area contributed by atoms with Crippen LogP contribution in [0.3, 0.4) is 0 Å². The average molecular weight is 216 g/mol. The topological polar surface area (TPSA) is 97.5 Å². The summed E-state index contributed by atoms with van der Waals surface area (Å²) in [6, 6.07) is 0. The Morgan fingerprint density at radius 2 is 2.08 bits per heavy atom. The second kappa shape index (κ2) is 4.64. The average Bonchev–Trinajstić information content (AvgIpc) is 1.86. The Balaban J connectivity index is 4.61. The molecule has 0 fully saturated rings. The monoisotopic (exact) mass is 215 g/mol. The van der Waals surface area contributed by atoms with Crippen LogP contribution in [0.25, 0.3) is 0 Å². The van der Waals surface area contributed by atoms with Crippen LogP contribution in [0.5, 0.6) is 0 Å². The van der Waals surface area contributed by atoms with Gasteiger partial charge in [0.15, 0.2) is 15.1 Å². The highest BCUT2D eigenvalue weighted by molar-refractivity contribution is 7.92. The lowest BCUT2D eigenvalue weighted by Crippen LogP contribution is -2.35. The maximum absolute atomic E-state index is 11.1. The zero-order valence-corrected chi connectivity index (χ0v) is 7.81. The first-order chi connectivity index (χ1) is 5.45. The number of carbonyl (C=O) groups is 1. The first-order valence-corrected chi connectivity index (χ1v) is 5.41. The predicted octanol–water partition coefficient (Wildman–Crippen LogP) is -0.948. The fourth-order valence-electron chi connectivity index (χ4n) is 0.622. The van der Waals surface area contributed by atoms with Crippen molar-refractivity contribution in [2.24, 2.45) is 5.73 Å². The van der Waals surface area contributed by atoms with Gasteiger partial charge in [-0.05, 0) is 0 Å². The molecule has 0 saturated heterocycles. The molecule has 1 unspecified atom stereocenters. The van der Waals surface area contributed by atoms with Crippen molar-refractivity contribution in [1.29, 1.82) is 0 Å². The first kappa shape index (κ1) is 11.7. The summed E-state index contributed by atoms with van der Waals surface area (Å²) in [6.07, 6.45) is 0. The zero-order chi connectivity index (χ0) is 9.78. The third-order valence-corrected chi connectivity index (χ3v) is 3.78. The van der Waals surface area contributed by atoms with Crippen LogP contribution < -0.4 is 5.73 Å². The molecule has 72 valence electrons. The number of nitrogens with two attached hydrogens (primary N) is 1. The van der Waals surface area contributed by atoms with E-state index in [9.17, 15) is 13.2 Å². The molecule has 0 aromatic carbocycles. The predicted molar refractivity (Wildman–Crippen MR) is 45.0 cm³/mol. The Kier molecular flexibility index (Phi) is 4.51. The van der Waals surface area contributed by atoms with Gasteiger partial charge in [-0.2, -0.15) is 0 Å². The van der Waals surface area contributed by atoms with Gasteiger partial charge in [-0.25, -0.2) is 8.42 Å². The summed E-state index contributed by atoms with van der Waals surface area (Å²) in [6.45, 7) is -0.0942. The third kappa shape index (κ3) is 2.96. The Bertz CT molecular complexity index is 250. The summed E-state index contributed by atoms with van der Waals surface area (Å²) in [7, 11) is -3.68. The van der Waals surface area contributed by atoms with Gasteiger partial charge in [0.05, 0.1) is 5.75 Å². The molecule has 0 spiro atoms. The number of hydrogen-bond acceptors (Lipinski definition) is 4. The van der Waals surface area contributed by atoms with Crippen molar-refractivity contribution in [1.82, 2.24) is 0 Å². The van der Waals surface area contributed by atoms with Gasteiger partial charge in [0.2, 0.25) is 0 Å². The van der Waals surface area contributed by atoms with Crippen molar-refractivity contribution < 1.29 is 18.3 Å². The third-order valence-electron chi connectivity index (χ3n) is 1.25. The lowest BCUT2D eigenvalue weighted by Gasteiger charge is -2.08. The molecule has 0 bridgehead atoms. The maximum atomic E-state index is 11.1. The SMILES string of the molecule is NCCS(=O)(=O)C(CCl)C(=O)O. The molecular formula is C5H10ClNO4S. The quantitative estimate of drug-likeness (QED) is 0.577. The van der Waals surface area contributed by atoms with Gasteiger partial charge in [0.1, 0.15) is 0 Å². The summed E-state index contributed by atoms with van der Waals surface area (Å²) in [5.74, 6) is -2.23. The van der Waals surface area contributed by atoms with Crippen LogP contribution in [0.4, 0.5) is 0 Å². The molecule has 0 aromatic rings. The zero-order valence-electron chi connectivity index (χ0n) is 6.23. The van der Waals surface area contributed by atoms with E-state index in [0.717, 1.165) is 0 Å². The highest BCUT2D eigenvalue weighted by Gasteiger charge is 2.30. The van der Waals surface area contributed by atoms with E-state index in [-0.39, 0.29) is 12.3 Å². The lowest BCUT2D eigenvalue weighted by molar-refractivity contribution is -0.136. The molecule has 0 aliphatic rings. The van der Waals surface area contributed by atoms with Crippen LogP contribution in [-0.2, 0) is 14.6 Å². The molecule has 12 heavy (non-hydrogen) atoms. The van der Waals surface area contributed by atoms with Crippen LogP contribution in [-0.4, -0.2) is 42.9 Å². The van der Waals surface area contributed by atoms with Crippen LogP contribution in [0.1, 0.15) is 0 Å². The summed E-state index contributed by atoms with van der Waals surface area (Å²) >= 11 is 5.18. The summed E-state index contributed by atoms with van der Waals surface area (Å²) in [4.78, 5) is 10.3. The van der Waals surface area contributed by atoms with E-state index in [4.69, 9.17) is 22.4 Å². The molecule has 3 N–H and O–H groups in total. The highest BCUT2D eigenvalue weighted by atomic mass is 35.5. The van der Waals surface area contributed by atoms with Gasteiger partial charge in [-0.1, -0.05) is 0 Å². The normalized spacial score (nSPS) is 14.2. The summed E-state index contributed by atoms with van der Waals surface area (Å²) in [5, 5.41) is 6.89. The second-order valence-corrected chi connectivity index (χ2v) is 4.75. The molecule has 0 radical (unpaired) electrons. The molecule has 1 atom stereocenters. The number of hydrogen-bond donors (Lipinski definition) is 2. The molecule has 5 nitrogen and oxygen atoms in total. The molecule has 0 heterocycles. The number of sulfone groups is 1. The molecular weight excluding hydrogens is 206 g/mol. The Morgan fingerprint density at radius 3 is 2.33 bits per heavy atom. The molecule has 0 amide bonds. The molecule has 0 aliphatic carbocycles. The van der Waals surface area contributed by atoms with Gasteiger partial charge in [0.25, 0.3) is 0 Å². The van der Waals surface area contributed by atoms with Gasteiger partial charge < -0.3 is 10.8 Å². The van der Waals surface area contributed by atoms with Crippen molar-refractivity contribution in [2.75, 3.05) is 18.2 Å². The minimum absolute atomic E-state index is 0.0942. The van der Waals surface area contributed by atoms with Crippen molar-refractivity contribution >= 4 is 27.4 Å². The van der Waals surface area contributed by atoms with E-state index in [0.29, 0.717) is 0 Å². The Hall–Kier alpha value is -0.330. The van der Waals surface area contributed by atoms with Gasteiger partial charge in [0, 0.05) is 12.4 Å². The Morgan fingerprint density at radius 1 is 1.58 bits per heavy atom. The van der Waals surface area contributed by atoms with Crippen LogP contribution in [0.2, 0.25) is 0 Å². The van der Waals surface area contributed by atoms with E-state index < -0.39 is 26.9 Å². The van der Waals surface area contributed by atoms with E-state index in [1.54, 1.807) is 0 Å². The number of carboxylic acids is 1. The molecule has 0 aromatic heterocycles. The minimum Gasteiger partial charge on any atom is -0.480 e. The van der Waals surface area contributed by atoms with Crippen molar-refractivity contribution in [2.45, 2.75) is 5.25 Å². The standard InChI is InChI=1S/C5H10ClNO4S/c6-3-4(5(8)9)12(10,11)2-1-7/h4H,1-3,7H2,(H,8,9). The van der Waals surface area contributed by atoms with Crippen molar-refractivity contribution in [3.8, 4) is 0 Å². The molecule has 0 rings (SSSR count). The number of aliphatic carboxylic acids is 1. The van der Waals surface area contributed by atoms with Crippen LogP contribution in [0, 0.1) is 0 Å². The van der Waals surface area contributed by atoms with Crippen LogP contribution in [0.15, 0.2) is 0 Å². The number of alkyl halides is 1. The van der Waals surface area contributed by atoms with E-state index >= 15 is 0 Å². The summed E-state index contributed by atoms with van der Waals surface area (Å²) < 4.78 is 22.1. The van der Waals surface area contributed by atoms with Crippen LogP contribution >= 0.6 is 11.6 Å². The van der Waals surface area contributed by atoms with E-state index in [1.807, 2.05) is 0 Å². The van der Waals surface area contributed by atoms with E-state index in [2.05, 4.69) is 0 Å². The van der Waals surface area contributed by atoms with Gasteiger partial charge in [-0.15, -0.1) is 11.6 Å². The van der Waals surface area contributed by atoms with Crippen molar-refractivity contribution in [3.05, 3.63) is 0 Å².